The topological polar surface area (TPSA) is 29.5 Å². The molecule has 1 aliphatic carbocycles. The molecule has 23 heavy (non-hydrogen) atoms. The van der Waals surface area contributed by atoms with Crippen LogP contribution in [0.1, 0.15) is 39.7 Å². The van der Waals surface area contributed by atoms with Crippen LogP contribution >= 0.6 is 15.9 Å². The lowest BCUT2D eigenvalue weighted by Crippen LogP contribution is -2.39. The lowest BCUT2D eigenvalue weighted by molar-refractivity contribution is 0.0260. The SMILES string of the molecule is CCC1(c2cc(F)cc(Br)c2)[C@@H]2CN(C(=O)OC(C)(C)C)C[C@@H]21. The molecule has 126 valence electrons. The normalized spacial score (nSPS) is 29.4. The first-order chi connectivity index (χ1) is 10.7. The van der Waals surface area contributed by atoms with Crippen molar-refractivity contribution in [1.29, 1.82) is 0 Å². The van der Waals surface area contributed by atoms with Crippen LogP contribution in [0.2, 0.25) is 0 Å². The summed E-state index contributed by atoms with van der Waals surface area (Å²) in [4.78, 5) is 14.0. The summed E-state index contributed by atoms with van der Waals surface area (Å²) < 4.78 is 20.0. The second-order valence-electron chi connectivity index (χ2n) is 7.65. The maximum Gasteiger partial charge on any atom is 0.410 e. The molecule has 1 aromatic carbocycles. The summed E-state index contributed by atoms with van der Waals surface area (Å²) in [5, 5.41) is 0. The van der Waals surface area contributed by atoms with Gasteiger partial charge in [0.1, 0.15) is 11.4 Å². The molecular weight excluding hydrogens is 361 g/mol. The maximum atomic E-state index is 13.8. The summed E-state index contributed by atoms with van der Waals surface area (Å²) in [6, 6.07) is 5.14. The van der Waals surface area contributed by atoms with Crippen molar-refractivity contribution in [2.45, 2.75) is 45.1 Å². The van der Waals surface area contributed by atoms with Crippen LogP contribution in [-0.4, -0.2) is 29.7 Å². The van der Waals surface area contributed by atoms with Crippen molar-refractivity contribution in [3.05, 3.63) is 34.1 Å². The van der Waals surface area contributed by atoms with Gasteiger partial charge in [0.05, 0.1) is 0 Å². The van der Waals surface area contributed by atoms with E-state index in [1.807, 2.05) is 26.8 Å². The van der Waals surface area contributed by atoms with E-state index in [4.69, 9.17) is 4.74 Å². The number of amides is 1. The van der Waals surface area contributed by atoms with Crippen molar-refractivity contribution >= 4 is 22.0 Å². The fourth-order valence-corrected chi connectivity index (χ4v) is 4.65. The van der Waals surface area contributed by atoms with Crippen LogP contribution in [-0.2, 0) is 10.2 Å². The Morgan fingerprint density at radius 3 is 2.43 bits per heavy atom. The van der Waals surface area contributed by atoms with E-state index in [1.54, 1.807) is 11.0 Å². The Morgan fingerprint density at radius 1 is 1.35 bits per heavy atom. The Bertz CT molecular complexity index is 608. The fraction of sp³-hybridized carbons (Fsp3) is 0.611. The smallest absolute Gasteiger partial charge is 0.410 e. The Morgan fingerprint density at radius 2 is 1.96 bits per heavy atom. The molecule has 0 radical (unpaired) electrons. The molecule has 1 saturated carbocycles. The lowest BCUT2D eigenvalue weighted by atomic mass is 9.87. The van der Waals surface area contributed by atoms with Gasteiger partial charge in [0, 0.05) is 23.0 Å². The van der Waals surface area contributed by atoms with Crippen LogP contribution < -0.4 is 0 Å². The second kappa shape index (κ2) is 5.47. The van der Waals surface area contributed by atoms with Gasteiger partial charge in [-0.25, -0.2) is 9.18 Å². The number of hydrogen-bond donors (Lipinski definition) is 0. The highest BCUT2D eigenvalue weighted by Gasteiger charge is 2.68. The summed E-state index contributed by atoms with van der Waals surface area (Å²) in [7, 11) is 0. The number of hydrogen-bond acceptors (Lipinski definition) is 2. The van der Waals surface area contributed by atoms with Gasteiger partial charge in [-0.05, 0) is 62.8 Å². The predicted molar refractivity (Wildman–Crippen MR) is 90.9 cm³/mol. The second-order valence-corrected chi connectivity index (χ2v) is 8.57. The molecule has 0 bridgehead atoms. The summed E-state index contributed by atoms with van der Waals surface area (Å²) in [5.41, 5.74) is 0.577. The standard InChI is InChI=1S/C18H23BrFNO2/c1-5-18(11-6-12(19)8-13(20)7-11)14-9-21(10-15(14)18)16(22)23-17(2,3)4/h6-8,14-15H,5,9-10H2,1-4H3/t14-,15+,18?. The molecule has 0 spiro atoms. The summed E-state index contributed by atoms with van der Waals surface area (Å²) in [6.45, 7) is 9.17. The molecule has 1 aliphatic heterocycles. The van der Waals surface area contributed by atoms with E-state index in [0.717, 1.165) is 16.5 Å². The molecule has 1 heterocycles. The van der Waals surface area contributed by atoms with Gasteiger partial charge in [0.25, 0.3) is 0 Å². The molecule has 1 aromatic rings. The molecule has 2 fully saturated rings. The van der Waals surface area contributed by atoms with Crippen molar-refractivity contribution in [3.8, 4) is 0 Å². The minimum absolute atomic E-state index is 0.00311. The van der Waals surface area contributed by atoms with Gasteiger partial charge in [-0.2, -0.15) is 0 Å². The Kier molecular flexibility index (Phi) is 3.98. The van der Waals surface area contributed by atoms with Gasteiger partial charge in [0.15, 0.2) is 0 Å². The average molecular weight is 384 g/mol. The van der Waals surface area contributed by atoms with Crippen LogP contribution in [0.15, 0.2) is 22.7 Å². The summed E-state index contributed by atoms with van der Waals surface area (Å²) in [5.74, 6) is 0.582. The molecule has 5 heteroatoms. The zero-order valence-corrected chi connectivity index (χ0v) is 15.6. The number of likely N-dealkylation sites (tertiary alicyclic amines) is 1. The first kappa shape index (κ1) is 16.7. The number of carbonyl (C=O) groups is 1. The molecule has 0 aromatic heterocycles. The molecule has 1 saturated heterocycles. The van der Waals surface area contributed by atoms with Gasteiger partial charge >= 0.3 is 6.09 Å². The zero-order chi connectivity index (χ0) is 17.0. The van der Waals surface area contributed by atoms with Crippen LogP contribution in [0, 0.1) is 17.7 Å². The van der Waals surface area contributed by atoms with Gasteiger partial charge < -0.3 is 9.64 Å². The van der Waals surface area contributed by atoms with Gasteiger partial charge in [0.2, 0.25) is 0 Å². The Labute approximate surface area is 145 Å². The van der Waals surface area contributed by atoms with E-state index in [1.165, 1.54) is 6.07 Å². The molecule has 3 rings (SSSR count). The molecule has 3 atom stereocenters. The van der Waals surface area contributed by atoms with E-state index in [-0.39, 0.29) is 17.3 Å². The van der Waals surface area contributed by atoms with Gasteiger partial charge in [-0.1, -0.05) is 22.9 Å². The number of fused-ring (bicyclic) bond motifs is 1. The van der Waals surface area contributed by atoms with Gasteiger partial charge in [-0.3, -0.25) is 0 Å². The number of halogens is 2. The molecule has 1 amide bonds. The highest BCUT2D eigenvalue weighted by Crippen LogP contribution is 2.65. The van der Waals surface area contributed by atoms with Crippen LogP contribution in [0.4, 0.5) is 9.18 Å². The number of nitrogens with zero attached hydrogens (tertiary/aromatic N) is 1. The van der Waals surface area contributed by atoms with E-state index in [0.29, 0.717) is 24.9 Å². The highest BCUT2D eigenvalue weighted by molar-refractivity contribution is 9.10. The first-order valence-electron chi connectivity index (χ1n) is 8.12. The zero-order valence-electron chi connectivity index (χ0n) is 14.0. The van der Waals surface area contributed by atoms with E-state index < -0.39 is 5.60 Å². The number of piperidine rings is 1. The third kappa shape index (κ3) is 2.88. The van der Waals surface area contributed by atoms with E-state index in [9.17, 15) is 9.18 Å². The number of carbonyl (C=O) groups excluding carboxylic acids is 1. The van der Waals surface area contributed by atoms with Crippen molar-refractivity contribution in [1.82, 2.24) is 4.90 Å². The average Bonchev–Trinajstić information content (AvgIpc) is 2.79. The van der Waals surface area contributed by atoms with Crippen molar-refractivity contribution in [2.75, 3.05) is 13.1 Å². The van der Waals surface area contributed by atoms with E-state index >= 15 is 0 Å². The highest BCUT2D eigenvalue weighted by atomic mass is 79.9. The largest absolute Gasteiger partial charge is 0.444 e. The molecule has 3 nitrogen and oxygen atoms in total. The summed E-state index contributed by atoms with van der Waals surface area (Å²) in [6.07, 6.45) is 0.718. The molecule has 1 unspecified atom stereocenters. The van der Waals surface area contributed by atoms with Crippen molar-refractivity contribution < 1.29 is 13.9 Å². The number of benzene rings is 1. The van der Waals surface area contributed by atoms with Crippen LogP contribution in [0.25, 0.3) is 0 Å². The van der Waals surface area contributed by atoms with Crippen molar-refractivity contribution in [2.24, 2.45) is 11.8 Å². The molecule has 0 N–H and O–H groups in total. The van der Waals surface area contributed by atoms with Crippen LogP contribution in [0.3, 0.4) is 0 Å². The summed E-state index contributed by atoms with van der Waals surface area (Å²) >= 11 is 3.39. The third-order valence-corrected chi connectivity index (χ3v) is 5.63. The molecular formula is C18H23BrFNO2. The molecule has 2 aliphatic rings. The quantitative estimate of drug-likeness (QED) is 0.738. The minimum atomic E-state index is -0.473. The first-order valence-corrected chi connectivity index (χ1v) is 8.91. The monoisotopic (exact) mass is 383 g/mol. The van der Waals surface area contributed by atoms with E-state index in [2.05, 4.69) is 22.9 Å². The minimum Gasteiger partial charge on any atom is -0.444 e. The lowest BCUT2D eigenvalue weighted by Gasteiger charge is -2.29. The Hall–Kier alpha value is -1.10. The van der Waals surface area contributed by atoms with Gasteiger partial charge in [-0.15, -0.1) is 0 Å². The third-order valence-electron chi connectivity index (χ3n) is 5.17. The van der Waals surface area contributed by atoms with Crippen molar-refractivity contribution in [3.63, 3.8) is 0 Å². The number of rotatable bonds is 2. The Balaban J connectivity index is 1.75. The maximum absolute atomic E-state index is 13.8. The predicted octanol–water partition coefficient (Wildman–Crippen LogP) is 4.73. The fourth-order valence-electron chi connectivity index (χ4n) is 4.19. The number of ether oxygens (including phenoxy) is 1. The van der Waals surface area contributed by atoms with Crippen LogP contribution in [0.5, 0.6) is 0 Å².